The summed E-state index contributed by atoms with van der Waals surface area (Å²) in [5, 5.41) is 12.2. The van der Waals surface area contributed by atoms with Crippen molar-refractivity contribution in [3.8, 4) is 22.4 Å². The average molecular weight is 587 g/mol. The monoisotopic (exact) mass is 586 g/mol. The number of benzene rings is 3. The molecule has 0 radical (unpaired) electrons. The maximum absolute atomic E-state index is 13.2. The van der Waals surface area contributed by atoms with E-state index in [4.69, 9.17) is 0 Å². The summed E-state index contributed by atoms with van der Waals surface area (Å²) >= 11 is 0. The van der Waals surface area contributed by atoms with Crippen LogP contribution in [0.1, 0.15) is 31.7 Å². The molecular weight excluding hydrogens is 548 g/mol. The van der Waals surface area contributed by atoms with E-state index in [0.717, 1.165) is 64.8 Å². The van der Waals surface area contributed by atoms with E-state index in [0.29, 0.717) is 36.8 Å². The van der Waals surface area contributed by atoms with E-state index in [-0.39, 0.29) is 11.5 Å². The number of fused-ring (bicyclic) bond motifs is 1. The first-order valence-corrected chi connectivity index (χ1v) is 15.4. The number of carbonyl (C=O) groups excluding carboxylic acids is 1. The Hall–Kier alpha value is -4.82. The van der Waals surface area contributed by atoms with Gasteiger partial charge >= 0.3 is 0 Å². The summed E-state index contributed by atoms with van der Waals surface area (Å²) in [7, 11) is 2.13. The molecule has 8 heteroatoms. The van der Waals surface area contributed by atoms with Gasteiger partial charge in [0.25, 0.3) is 5.56 Å². The lowest BCUT2D eigenvalue weighted by Gasteiger charge is -2.29. The number of pyridine rings is 1. The van der Waals surface area contributed by atoms with Crippen molar-refractivity contribution < 1.29 is 4.79 Å². The van der Waals surface area contributed by atoms with Crippen LogP contribution in [0.5, 0.6) is 0 Å². The van der Waals surface area contributed by atoms with Gasteiger partial charge in [0.15, 0.2) is 0 Å². The molecule has 2 aromatic heterocycles. The second-order valence-electron chi connectivity index (χ2n) is 11.5. The van der Waals surface area contributed by atoms with Gasteiger partial charge in [-0.15, -0.1) is 0 Å². The van der Waals surface area contributed by atoms with E-state index in [1.54, 1.807) is 6.20 Å². The van der Waals surface area contributed by atoms with Gasteiger partial charge in [-0.3, -0.25) is 14.6 Å². The maximum atomic E-state index is 13.2. The molecule has 0 atom stereocenters. The number of aromatic nitrogens is 3. The van der Waals surface area contributed by atoms with E-state index in [1.807, 2.05) is 55.5 Å². The first-order chi connectivity index (χ1) is 21.5. The number of hydrogen-bond donors (Lipinski definition) is 2. The number of amides is 1. The molecule has 8 nitrogen and oxygen atoms in total. The fourth-order valence-electron chi connectivity index (χ4n) is 5.78. The number of nitrogens with zero attached hydrogens (tertiary/aromatic N) is 4. The first kappa shape index (κ1) is 29.3. The number of piperidine rings is 1. The van der Waals surface area contributed by atoms with E-state index in [2.05, 4.69) is 69.1 Å². The van der Waals surface area contributed by atoms with Gasteiger partial charge in [0.1, 0.15) is 5.69 Å². The highest BCUT2D eigenvalue weighted by atomic mass is 16.1. The van der Waals surface area contributed by atoms with Gasteiger partial charge in [-0.05, 0) is 99.4 Å². The highest BCUT2D eigenvalue weighted by molar-refractivity contribution is 5.93. The molecule has 1 aliphatic heterocycles. The molecule has 6 rings (SSSR count). The normalized spacial score (nSPS) is 14.0. The standard InChI is InChI=1S/C36H38N6O2/c1-3-42-36(44)34(39-32-11-5-10-31-30(32)9-6-20-37-31)24-33(40-42)28-8-4-7-27(23-28)26-15-12-25(13-16-26)14-17-35(43)38-29-18-21-41(2)22-19-29/h4-13,15-16,20,23-24,29,39H,3,14,17-19,21-22H2,1-2H3,(H,38,43). The van der Waals surface area contributed by atoms with Crippen LogP contribution in [0.3, 0.4) is 0 Å². The molecule has 0 aliphatic carbocycles. The Kier molecular flexibility index (Phi) is 8.79. The summed E-state index contributed by atoms with van der Waals surface area (Å²) in [6.45, 7) is 4.44. The maximum Gasteiger partial charge on any atom is 0.290 e. The molecule has 1 fully saturated rings. The van der Waals surface area contributed by atoms with Crippen LogP contribution < -0.4 is 16.2 Å². The topological polar surface area (TPSA) is 92.2 Å². The molecule has 44 heavy (non-hydrogen) atoms. The number of rotatable bonds is 9. The van der Waals surface area contributed by atoms with Gasteiger partial charge in [0.05, 0.1) is 11.2 Å². The van der Waals surface area contributed by atoms with Crippen molar-refractivity contribution in [2.24, 2.45) is 0 Å². The molecule has 0 saturated carbocycles. The van der Waals surface area contributed by atoms with Crippen molar-refractivity contribution >= 4 is 28.2 Å². The Labute approximate surface area is 257 Å². The Morgan fingerprint density at radius 2 is 1.66 bits per heavy atom. The third-order valence-electron chi connectivity index (χ3n) is 8.36. The smallest absolute Gasteiger partial charge is 0.290 e. The van der Waals surface area contributed by atoms with Gasteiger partial charge in [-0.25, -0.2) is 4.68 Å². The van der Waals surface area contributed by atoms with Crippen molar-refractivity contribution in [1.82, 2.24) is 25.0 Å². The zero-order valence-corrected chi connectivity index (χ0v) is 25.3. The van der Waals surface area contributed by atoms with E-state index >= 15 is 0 Å². The fraction of sp³-hybridized carbons (Fsp3) is 0.278. The number of likely N-dealkylation sites (tertiary alicyclic amines) is 1. The van der Waals surface area contributed by atoms with Crippen LogP contribution in [0.2, 0.25) is 0 Å². The quantitative estimate of drug-likeness (QED) is 0.219. The van der Waals surface area contributed by atoms with Crippen molar-refractivity contribution in [2.45, 2.75) is 45.2 Å². The molecule has 1 amide bonds. The molecule has 0 spiro atoms. The van der Waals surface area contributed by atoms with E-state index < -0.39 is 0 Å². The molecule has 5 aromatic rings. The number of hydrogen-bond acceptors (Lipinski definition) is 6. The van der Waals surface area contributed by atoms with Crippen LogP contribution in [-0.2, 0) is 17.8 Å². The Balaban J connectivity index is 1.18. The van der Waals surface area contributed by atoms with Crippen molar-refractivity contribution in [3.05, 3.63) is 107 Å². The summed E-state index contributed by atoms with van der Waals surface area (Å²) in [5.74, 6) is 0.128. The van der Waals surface area contributed by atoms with Crippen LogP contribution >= 0.6 is 0 Å². The number of anilines is 2. The molecule has 3 aromatic carbocycles. The average Bonchev–Trinajstić information content (AvgIpc) is 3.06. The molecule has 1 saturated heterocycles. The minimum atomic E-state index is -0.177. The van der Waals surface area contributed by atoms with E-state index in [1.165, 1.54) is 4.68 Å². The predicted molar refractivity (Wildman–Crippen MR) is 177 cm³/mol. The van der Waals surface area contributed by atoms with Crippen LogP contribution in [-0.4, -0.2) is 51.8 Å². The zero-order valence-electron chi connectivity index (χ0n) is 25.3. The van der Waals surface area contributed by atoms with E-state index in [9.17, 15) is 9.59 Å². The highest BCUT2D eigenvalue weighted by Gasteiger charge is 2.18. The highest BCUT2D eigenvalue weighted by Crippen LogP contribution is 2.28. The Bertz CT molecular complexity index is 1820. The van der Waals surface area contributed by atoms with Crippen LogP contribution in [0.25, 0.3) is 33.3 Å². The second-order valence-corrected chi connectivity index (χ2v) is 11.5. The Morgan fingerprint density at radius 3 is 2.45 bits per heavy atom. The summed E-state index contributed by atoms with van der Waals surface area (Å²) in [6.07, 6.45) is 5.00. The lowest BCUT2D eigenvalue weighted by atomic mass is 9.99. The third-order valence-corrected chi connectivity index (χ3v) is 8.36. The molecule has 0 bridgehead atoms. The Morgan fingerprint density at radius 1 is 0.886 bits per heavy atom. The number of carbonyl (C=O) groups is 1. The first-order valence-electron chi connectivity index (χ1n) is 15.4. The number of nitrogens with one attached hydrogen (secondary N) is 2. The minimum Gasteiger partial charge on any atom is -0.353 e. The van der Waals surface area contributed by atoms with Crippen LogP contribution in [0.15, 0.2) is 95.9 Å². The summed E-state index contributed by atoms with van der Waals surface area (Å²) < 4.78 is 1.49. The van der Waals surface area contributed by atoms with Crippen molar-refractivity contribution in [1.29, 1.82) is 0 Å². The van der Waals surface area contributed by atoms with Gasteiger partial charge in [0.2, 0.25) is 5.91 Å². The van der Waals surface area contributed by atoms with Gasteiger partial charge < -0.3 is 15.5 Å². The molecule has 2 N–H and O–H groups in total. The van der Waals surface area contributed by atoms with Gasteiger partial charge in [0, 0.05) is 41.8 Å². The minimum absolute atomic E-state index is 0.128. The largest absolute Gasteiger partial charge is 0.353 e. The van der Waals surface area contributed by atoms with Gasteiger partial charge in [-0.1, -0.05) is 48.5 Å². The van der Waals surface area contributed by atoms with Crippen molar-refractivity contribution in [2.75, 3.05) is 25.5 Å². The second kappa shape index (κ2) is 13.2. The predicted octanol–water partition coefficient (Wildman–Crippen LogP) is 6.03. The SMILES string of the molecule is CCn1nc(-c2cccc(-c3ccc(CCC(=O)NC4CCN(C)CC4)cc3)c2)cc(Nc2cccc3ncccc23)c1=O. The fourth-order valence-corrected chi connectivity index (χ4v) is 5.78. The lowest BCUT2D eigenvalue weighted by molar-refractivity contribution is -0.122. The molecule has 3 heterocycles. The van der Waals surface area contributed by atoms with Crippen LogP contribution in [0, 0.1) is 0 Å². The number of aryl methyl sites for hydroxylation is 2. The summed E-state index contributed by atoms with van der Waals surface area (Å²) in [4.78, 5) is 32.5. The summed E-state index contributed by atoms with van der Waals surface area (Å²) in [6, 6.07) is 28.4. The summed E-state index contributed by atoms with van der Waals surface area (Å²) in [5.41, 5.74) is 6.86. The van der Waals surface area contributed by atoms with Gasteiger partial charge in [-0.2, -0.15) is 5.10 Å². The molecule has 224 valence electrons. The molecule has 1 aliphatic rings. The third kappa shape index (κ3) is 6.71. The van der Waals surface area contributed by atoms with Crippen molar-refractivity contribution in [3.63, 3.8) is 0 Å². The zero-order chi connectivity index (χ0) is 30.5. The lowest BCUT2D eigenvalue weighted by Crippen LogP contribution is -2.43. The molecule has 0 unspecified atom stereocenters. The molecular formula is C36H38N6O2. The van der Waals surface area contributed by atoms with Crippen LogP contribution in [0.4, 0.5) is 11.4 Å².